The van der Waals surface area contributed by atoms with Crippen molar-refractivity contribution >= 4 is 33.1 Å². The molecule has 0 aliphatic heterocycles. The van der Waals surface area contributed by atoms with Crippen LogP contribution in [0.1, 0.15) is 35.3 Å². The first kappa shape index (κ1) is 19.3. The summed E-state index contributed by atoms with van der Waals surface area (Å²) in [5.74, 6) is 0.287. The Hall–Kier alpha value is -3.00. The van der Waals surface area contributed by atoms with Crippen LogP contribution in [0.5, 0.6) is 0 Å². The molecular formula is C21H22N4O3S. The highest BCUT2D eigenvalue weighted by molar-refractivity contribution is 7.17. The minimum atomic E-state index is -0.417. The summed E-state index contributed by atoms with van der Waals surface area (Å²) in [6.07, 6.45) is 0. The molecule has 0 unspecified atom stereocenters. The average Bonchev–Trinajstić information content (AvgIpc) is 3.26. The van der Waals surface area contributed by atoms with Crippen molar-refractivity contribution in [3.63, 3.8) is 0 Å². The number of carbonyl (C=O) groups is 1. The Bertz CT molecular complexity index is 1370. The topological polar surface area (TPSA) is 78.4 Å². The predicted octanol–water partition coefficient (Wildman–Crippen LogP) is 3.03. The van der Waals surface area contributed by atoms with E-state index >= 15 is 0 Å². The standard InChI is InChI=1S/C21H22N4O3S/c1-12(2)10-23-19(27)18-16(7-8-29-18)25-20(23)22-24(21(25)28)11-17(26)15-9-13(3)5-6-14(15)4/h5-9,12H,10-11H2,1-4H3. The van der Waals surface area contributed by atoms with Gasteiger partial charge in [-0.05, 0) is 42.8 Å². The van der Waals surface area contributed by atoms with Crippen molar-refractivity contribution in [2.45, 2.75) is 40.8 Å². The quantitative estimate of drug-likeness (QED) is 0.474. The predicted molar refractivity (Wildman–Crippen MR) is 114 cm³/mol. The van der Waals surface area contributed by atoms with Gasteiger partial charge in [-0.25, -0.2) is 13.9 Å². The van der Waals surface area contributed by atoms with E-state index in [0.717, 1.165) is 15.8 Å². The number of aromatic nitrogens is 4. The SMILES string of the molecule is Cc1ccc(C)c(C(=O)Cn2nc3n(CC(C)C)c(=O)c4sccc4n3c2=O)c1. The summed E-state index contributed by atoms with van der Waals surface area (Å²) < 4.78 is 4.64. The zero-order valence-electron chi connectivity index (χ0n) is 16.8. The second kappa shape index (κ2) is 7.11. The third-order valence-electron chi connectivity index (χ3n) is 4.92. The number of nitrogens with zero attached hydrogens (tertiary/aromatic N) is 4. The Kier molecular flexibility index (Phi) is 4.74. The van der Waals surface area contributed by atoms with Gasteiger partial charge < -0.3 is 0 Å². The van der Waals surface area contributed by atoms with Crippen LogP contribution in [0.15, 0.2) is 39.2 Å². The number of carbonyl (C=O) groups excluding carboxylic acids is 1. The molecule has 1 aromatic carbocycles. The van der Waals surface area contributed by atoms with Crippen molar-refractivity contribution in [1.29, 1.82) is 0 Å². The zero-order chi connectivity index (χ0) is 20.9. The molecule has 3 aromatic heterocycles. The summed E-state index contributed by atoms with van der Waals surface area (Å²) in [4.78, 5) is 38.9. The number of thiophene rings is 1. The van der Waals surface area contributed by atoms with Gasteiger partial charge in [0, 0.05) is 12.1 Å². The monoisotopic (exact) mass is 410 g/mol. The van der Waals surface area contributed by atoms with E-state index in [2.05, 4.69) is 5.10 Å². The van der Waals surface area contributed by atoms with Crippen LogP contribution < -0.4 is 11.2 Å². The molecule has 0 aliphatic carbocycles. The highest BCUT2D eigenvalue weighted by atomic mass is 32.1. The Morgan fingerprint density at radius 3 is 2.66 bits per heavy atom. The summed E-state index contributed by atoms with van der Waals surface area (Å²) in [5.41, 5.74) is 2.37. The van der Waals surface area contributed by atoms with E-state index in [1.807, 2.05) is 45.9 Å². The van der Waals surface area contributed by atoms with Crippen molar-refractivity contribution in [3.05, 3.63) is 67.2 Å². The highest BCUT2D eigenvalue weighted by Gasteiger charge is 2.20. The van der Waals surface area contributed by atoms with Crippen LogP contribution in [0.2, 0.25) is 0 Å². The molecule has 8 heteroatoms. The third-order valence-corrected chi connectivity index (χ3v) is 5.81. The summed E-state index contributed by atoms with van der Waals surface area (Å²) >= 11 is 1.31. The maximum Gasteiger partial charge on any atom is 0.352 e. The largest absolute Gasteiger partial charge is 0.352 e. The Balaban J connectivity index is 1.90. The molecule has 0 radical (unpaired) electrons. The molecule has 0 saturated heterocycles. The van der Waals surface area contributed by atoms with Gasteiger partial charge in [-0.15, -0.1) is 16.4 Å². The molecule has 0 bridgehead atoms. The molecule has 0 N–H and O–H groups in total. The molecule has 0 fully saturated rings. The van der Waals surface area contributed by atoms with E-state index in [1.165, 1.54) is 20.3 Å². The van der Waals surface area contributed by atoms with Crippen LogP contribution in [0, 0.1) is 19.8 Å². The van der Waals surface area contributed by atoms with Gasteiger partial charge in [-0.3, -0.25) is 14.2 Å². The van der Waals surface area contributed by atoms with Crippen molar-refractivity contribution < 1.29 is 4.79 Å². The lowest BCUT2D eigenvalue weighted by molar-refractivity contribution is 0.0965. The minimum Gasteiger partial charge on any atom is -0.292 e. The van der Waals surface area contributed by atoms with Crippen LogP contribution in [-0.2, 0) is 13.1 Å². The summed E-state index contributed by atoms with van der Waals surface area (Å²) in [6, 6.07) is 7.41. The van der Waals surface area contributed by atoms with E-state index in [0.29, 0.717) is 22.3 Å². The smallest absolute Gasteiger partial charge is 0.292 e. The average molecular weight is 410 g/mol. The molecule has 0 spiro atoms. The van der Waals surface area contributed by atoms with E-state index in [-0.39, 0.29) is 29.6 Å². The molecular weight excluding hydrogens is 388 g/mol. The second-order valence-electron chi connectivity index (χ2n) is 7.76. The fraction of sp³-hybridized carbons (Fsp3) is 0.333. The van der Waals surface area contributed by atoms with E-state index in [9.17, 15) is 14.4 Å². The normalized spacial score (nSPS) is 11.8. The summed E-state index contributed by atoms with van der Waals surface area (Å²) in [6.45, 7) is 8.06. The maximum atomic E-state index is 13.1. The van der Waals surface area contributed by atoms with Gasteiger partial charge in [0.25, 0.3) is 5.56 Å². The number of aryl methyl sites for hydroxylation is 2. The number of hydrogen-bond donors (Lipinski definition) is 0. The van der Waals surface area contributed by atoms with Gasteiger partial charge in [-0.1, -0.05) is 31.5 Å². The van der Waals surface area contributed by atoms with Crippen LogP contribution in [-0.4, -0.2) is 24.5 Å². The zero-order valence-corrected chi connectivity index (χ0v) is 17.6. The molecule has 0 aliphatic rings. The van der Waals surface area contributed by atoms with Crippen LogP contribution in [0.3, 0.4) is 0 Å². The number of rotatable bonds is 5. The van der Waals surface area contributed by atoms with Gasteiger partial charge in [0.2, 0.25) is 5.78 Å². The van der Waals surface area contributed by atoms with Crippen LogP contribution in [0.4, 0.5) is 0 Å². The summed E-state index contributed by atoms with van der Waals surface area (Å²) in [5, 5.41) is 6.18. The fourth-order valence-corrected chi connectivity index (χ4v) is 4.35. The van der Waals surface area contributed by atoms with E-state index in [4.69, 9.17) is 0 Å². The molecule has 3 heterocycles. The fourth-order valence-electron chi connectivity index (χ4n) is 3.52. The first-order valence-corrected chi connectivity index (χ1v) is 10.4. The maximum absolute atomic E-state index is 13.1. The summed E-state index contributed by atoms with van der Waals surface area (Å²) in [7, 11) is 0. The van der Waals surface area contributed by atoms with Crippen molar-refractivity contribution in [2.24, 2.45) is 5.92 Å². The lowest BCUT2D eigenvalue weighted by atomic mass is 10.0. The number of ketones is 1. The van der Waals surface area contributed by atoms with E-state index < -0.39 is 5.69 Å². The van der Waals surface area contributed by atoms with Gasteiger partial charge in [-0.2, -0.15) is 0 Å². The van der Waals surface area contributed by atoms with Crippen molar-refractivity contribution in [3.8, 4) is 0 Å². The Morgan fingerprint density at radius 2 is 1.93 bits per heavy atom. The number of fused-ring (bicyclic) bond motifs is 3. The minimum absolute atomic E-state index is 0.158. The second-order valence-corrected chi connectivity index (χ2v) is 8.68. The number of Topliss-reactive ketones (excluding diaryl/α,β-unsaturated/α-hetero) is 1. The van der Waals surface area contributed by atoms with Gasteiger partial charge in [0.05, 0.1) is 5.52 Å². The Morgan fingerprint density at radius 1 is 1.17 bits per heavy atom. The number of benzene rings is 1. The van der Waals surface area contributed by atoms with Gasteiger partial charge in [0.1, 0.15) is 11.2 Å². The van der Waals surface area contributed by atoms with Crippen LogP contribution in [0.25, 0.3) is 16.0 Å². The van der Waals surface area contributed by atoms with Crippen molar-refractivity contribution in [1.82, 2.24) is 18.7 Å². The van der Waals surface area contributed by atoms with Crippen molar-refractivity contribution in [2.75, 3.05) is 0 Å². The number of hydrogen-bond acceptors (Lipinski definition) is 5. The van der Waals surface area contributed by atoms with Crippen LogP contribution >= 0.6 is 11.3 Å². The highest BCUT2D eigenvalue weighted by Crippen LogP contribution is 2.18. The molecule has 7 nitrogen and oxygen atoms in total. The first-order valence-electron chi connectivity index (χ1n) is 9.48. The lowest BCUT2D eigenvalue weighted by Crippen LogP contribution is -2.28. The van der Waals surface area contributed by atoms with Gasteiger partial charge in [0.15, 0.2) is 5.78 Å². The first-order chi connectivity index (χ1) is 13.8. The van der Waals surface area contributed by atoms with E-state index in [1.54, 1.807) is 11.4 Å². The van der Waals surface area contributed by atoms with Gasteiger partial charge >= 0.3 is 5.69 Å². The molecule has 4 rings (SSSR count). The molecule has 0 atom stereocenters. The molecule has 4 aromatic rings. The molecule has 0 amide bonds. The third kappa shape index (κ3) is 3.23. The Labute approximate surface area is 170 Å². The lowest BCUT2D eigenvalue weighted by Gasteiger charge is -2.09. The molecule has 0 saturated carbocycles. The molecule has 29 heavy (non-hydrogen) atoms. The molecule has 150 valence electrons.